The van der Waals surface area contributed by atoms with Crippen LogP contribution in [0.1, 0.15) is 25.8 Å². The largest absolute Gasteiger partial charge is 0.275 e. The molecule has 0 unspecified atom stereocenters. The maximum absolute atomic E-state index is 12.4. The first-order valence-corrected chi connectivity index (χ1v) is 8.56. The molecular weight excluding hydrogens is 304 g/mol. The van der Waals surface area contributed by atoms with Gasteiger partial charge in [0, 0.05) is 7.05 Å². The van der Waals surface area contributed by atoms with E-state index in [2.05, 4.69) is 4.72 Å². The number of aryl methyl sites for hydroxylation is 1. The number of hydrogen-bond acceptors (Lipinski definition) is 4. The molecule has 22 heavy (non-hydrogen) atoms. The predicted octanol–water partition coefficient (Wildman–Crippen LogP) is 1.71. The van der Waals surface area contributed by atoms with E-state index in [-0.39, 0.29) is 10.8 Å². The number of sulfonamides is 1. The zero-order valence-corrected chi connectivity index (χ0v) is 14.5. The van der Waals surface area contributed by atoms with Gasteiger partial charge >= 0.3 is 0 Å². The molecule has 0 aliphatic rings. The third-order valence-corrected chi connectivity index (χ3v) is 4.71. The van der Waals surface area contributed by atoms with Crippen LogP contribution >= 0.6 is 0 Å². The lowest BCUT2D eigenvalue weighted by Gasteiger charge is -2.24. The van der Waals surface area contributed by atoms with Gasteiger partial charge in [-0.3, -0.25) is 9.63 Å². The average Bonchev–Trinajstić information content (AvgIpc) is 2.44. The Balaban J connectivity index is 3.01. The highest BCUT2D eigenvalue weighted by Crippen LogP contribution is 2.14. The quantitative estimate of drug-likeness (QED) is 0.773. The summed E-state index contributed by atoms with van der Waals surface area (Å²) in [4.78, 5) is 17.2. The lowest BCUT2D eigenvalue weighted by atomic mass is 10.0. The van der Waals surface area contributed by atoms with Gasteiger partial charge in [-0.15, -0.1) is 0 Å². The summed E-state index contributed by atoms with van der Waals surface area (Å²) in [6.07, 6.45) is 0.387. The van der Waals surface area contributed by atoms with E-state index in [0.717, 1.165) is 10.6 Å². The van der Waals surface area contributed by atoms with Crippen LogP contribution in [-0.2, 0) is 19.7 Å². The molecule has 0 aromatic heterocycles. The third-order valence-electron chi connectivity index (χ3n) is 3.22. The molecule has 1 amide bonds. The molecule has 0 spiro atoms. The number of carbonyl (C=O) groups is 1. The van der Waals surface area contributed by atoms with E-state index in [9.17, 15) is 13.2 Å². The highest BCUT2D eigenvalue weighted by Gasteiger charge is 2.28. The molecule has 0 saturated carbocycles. The van der Waals surface area contributed by atoms with Crippen LogP contribution in [0.25, 0.3) is 0 Å². The summed E-state index contributed by atoms with van der Waals surface area (Å²) in [5.41, 5.74) is 0.966. The maximum atomic E-state index is 12.4. The second kappa shape index (κ2) is 7.71. The predicted molar refractivity (Wildman–Crippen MR) is 84.5 cm³/mol. The molecular formula is C15H24N2O4S. The van der Waals surface area contributed by atoms with Gasteiger partial charge in [0.05, 0.1) is 12.0 Å². The molecule has 124 valence electrons. The van der Waals surface area contributed by atoms with Crippen LogP contribution in [-0.4, -0.2) is 39.6 Å². The Labute approximate surface area is 132 Å². The summed E-state index contributed by atoms with van der Waals surface area (Å²) < 4.78 is 27.3. The minimum absolute atomic E-state index is 0.139. The van der Waals surface area contributed by atoms with E-state index < -0.39 is 22.0 Å². The van der Waals surface area contributed by atoms with Crippen molar-refractivity contribution >= 4 is 15.9 Å². The van der Waals surface area contributed by atoms with Crippen LogP contribution in [0.4, 0.5) is 0 Å². The van der Waals surface area contributed by atoms with Gasteiger partial charge in [0.15, 0.2) is 0 Å². The Morgan fingerprint density at radius 3 is 2.27 bits per heavy atom. The van der Waals surface area contributed by atoms with Crippen LogP contribution in [0.15, 0.2) is 29.2 Å². The Morgan fingerprint density at radius 1 is 1.27 bits per heavy atom. The van der Waals surface area contributed by atoms with Crippen LogP contribution in [0.5, 0.6) is 0 Å². The second-order valence-electron chi connectivity index (χ2n) is 5.63. The van der Waals surface area contributed by atoms with E-state index in [1.165, 1.54) is 26.3 Å². The molecule has 0 saturated heterocycles. The Morgan fingerprint density at radius 2 is 1.82 bits per heavy atom. The fourth-order valence-corrected chi connectivity index (χ4v) is 3.15. The fraction of sp³-hybridized carbons (Fsp3) is 0.533. The maximum Gasteiger partial charge on any atom is 0.264 e. The first-order chi connectivity index (χ1) is 10.2. The molecule has 1 aromatic carbocycles. The molecule has 0 radical (unpaired) electrons. The third kappa shape index (κ3) is 5.08. The van der Waals surface area contributed by atoms with Gasteiger partial charge in [-0.2, -0.15) is 4.72 Å². The fourth-order valence-electron chi connectivity index (χ4n) is 1.95. The summed E-state index contributed by atoms with van der Waals surface area (Å²) in [6.45, 7) is 5.73. The first-order valence-electron chi connectivity index (χ1n) is 7.08. The van der Waals surface area contributed by atoms with Crippen molar-refractivity contribution in [3.8, 4) is 0 Å². The Bertz CT molecular complexity index is 596. The van der Waals surface area contributed by atoms with Crippen molar-refractivity contribution in [1.82, 2.24) is 9.79 Å². The average molecular weight is 328 g/mol. The normalized spacial score (nSPS) is 13.2. The van der Waals surface area contributed by atoms with Crippen LogP contribution in [0.2, 0.25) is 0 Å². The van der Waals surface area contributed by atoms with Gasteiger partial charge in [0.25, 0.3) is 5.91 Å². The minimum atomic E-state index is -3.76. The molecule has 0 fully saturated rings. The first kappa shape index (κ1) is 18.6. The zero-order chi connectivity index (χ0) is 16.9. The number of nitrogens with zero attached hydrogens (tertiary/aromatic N) is 1. The van der Waals surface area contributed by atoms with Gasteiger partial charge < -0.3 is 0 Å². The van der Waals surface area contributed by atoms with Gasteiger partial charge in [-0.1, -0.05) is 31.5 Å². The van der Waals surface area contributed by atoms with E-state index in [4.69, 9.17) is 4.84 Å². The number of hydroxylamine groups is 2. The van der Waals surface area contributed by atoms with Gasteiger partial charge in [-0.05, 0) is 31.4 Å². The smallest absolute Gasteiger partial charge is 0.264 e. The summed E-state index contributed by atoms with van der Waals surface area (Å²) in [7, 11) is -0.948. The Hall–Kier alpha value is -1.44. The standard InChI is InChI=1S/C15H24N2O4S/c1-11(2)10-14(15(18)17(4)21-5)16-22(19,20)13-8-6-12(3)7-9-13/h6-9,11,14,16H,10H2,1-5H3/t14-/m0/s1. The van der Waals surface area contributed by atoms with Crippen molar-refractivity contribution in [3.63, 3.8) is 0 Å². The molecule has 0 bridgehead atoms. The second-order valence-corrected chi connectivity index (χ2v) is 7.35. The van der Waals surface area contributed by atoms with Crippen LogP contribution in [0.3, 0.4) is 0 Å². The molecule has 0 aliphatic carbocycles. The summed E-state index contributed by atoms with van der Waals surface area (Å²) >= 11 is 0. The minimum Gasteiger partial charge on any atom is -0.275 e. The zero-order valence-electron chi connectivity index (χ0n) is 13.7. The molecule has 6 nitrogen and oxygen atoms in total. The van der Waals surface area contributed by atoms with E-state index >= 15 is 0 Å². The number of amides is 1. The summed E-state index contributed by atoms with van der Waals surface area (Å²) in [5.74, 6) is -0.271. The van der Waals surface area contributed by atoms with Crippen molar-refractivity contribution in [3.05, 3.63) is 29.8 Å². The SMILES string of the molecule is CON(C)C(=O)[C@H](CC(C)C)NS(=O)(=O)c1ccc(C)cc1. The van der Waals surface area contributed by atoms with E-state index in [1.807, 2.05) is 20.8 Å². The number of nitrogens with one attached hydrogen (secondary N) is 1. The summed E-state index contributed by atoms with van der Waals surface area (Å²) in [6, 6.07) is 5.62. The lowest BCUT2D eigenvalue weighted by molar-refractivity contribution is -0.170. The highest BCUT2D eigenvalue weighted by atomic mass is 32.2. The van der Waals surface area contributed by atoms with Crippen molar-refractivity contribution in [1.29, 1.82) is 0 Å². The topological polar surface area (TPSA) is 75.7 Å². The van der Waals surface area contributed by atoms with E-state index in [1.54, 1.807) is 12.1 Å². The molecule has 0 heterocycles. The number of hydrogen-bond donors (Lipinski definition) is 1. The van der Waals surface area contributed by atoms with Crippen molar-refractivity contribution in [2.45, 2.75) is 38.1 Å². The van der Waals surface area contributed by atoms with Crippen molar-refractivity contribution in [2.24, 2.45) is 5.92 Å². The molecule has 1 N–H and O–H groups in total. The summed E-state index contributed by atoms with van der Waals surface area (Å²) in [5, 5.41) is 1.03. The van der Waals surface area contributed by atoms with Gasteiger partial charge in [-0.25, -0.2) is 13.5 Å². The lowest BCUT2D eigenvalue weighted by Crippen LogP contribution is -2.47. The van der Waals surface area contributed by atoms with Gasteiger partial charge in [0.2, 0.25) is 10.0 Å². The Kier molecular flexibility index (Phi) is 6.52. The number of carbonyl (C=O) groups excluding carboxylic acids is 1. The van der Waals surface area contributed by atoms with Crippen LogP contribution < -0.4 is 4.72 Å². The molecule has 1 rings (SSSR count). The highest BCUT2D eigenvalue weighted by molar-refractivity contribution is 7.89. The van der Waals surface area contributed by atoms with Crippen molar-refractivity contribution in [2.75, 3.05) is 14.2 Å². The monoisotopic (exact) mass is 328 g/mol. The van der Waals surface area contributed by atoms with E-state index in [0.29, 0.717) is 6.42 Å². The molecule has 1 aromatic rings. The number of rotatable bonds is 7. The molecule has 7 heteroatoms. The van der Waals surface area contributed by atoms with Gasteiger partial charge in [0.1, 0.15) is 6.04 Å². The number of likely N-dealkylation sites (N-methyl/N-ethyl adjacent to an activating group) is 1. The van der Waals surface area contributed by atoms with Crippen LogP contribution in [0, 0.1) is 12.8 Å². The molecule has 0 aliphatic heterocycles. The number of benzene rings is 1. The molecule has 1 atom stereocenters. The van der Waals surface area contributed by atoms with Crippen molar-refractivity contribution < 1.29 is 18.0 Å².